The first kappa shape index (κ1) is 24.3. The molecule has 0 amide bonds. The Hall–Kier alpha value is -1.77. The number of hydrogen-bond donors (Lipinski definition) is 2. The first-order valence-electron chi connectivity index (χ1n) is 9.59. The smallest absolute Gasteiger partial charge is 0.191 e. The quantitative estimate of drug-likeness (QED) is 0.311. The first-order valence-corrected chi connectivity index (χ1v) is 9.59. The molecule has 2 aromatic rings. The van der Waals surface area contributed by atoms with E-state index in [1.54, 1.807) is 7.05 Å². The van der Waals surface area contributed by atoms with E-state index >= 15 is 0 Å². The van der Waals surface area contributed by atoms with E-state index in [1.165, 1.54) is 5.56 Å². The minimum absolute atomic E-state index is 0. The summed E-state index contributed by atoms with van der Waals surface area (Å²) in [5, 5.41) is 10.7. The molecule has 2 N–H and O–H groups in total. The van der Waals surface area contributed by atoms with E-state index in [-0.39, 0.29) is 30.1 Å². The Morgan fingerprint density at radius 2 is 1.89 bits per heavy atom. The van der Waals surface area contributed by atoms with Crippen LogP contribution >= 0.6 is 24.0 Å². The molecule has 1 aromatic heterocycles. The molecular weight excluding hydrogens is 467 g/mol. The zero-order chi connectivity index (χ0) is 19.8. The molecule has 28 heavy (non-hydrogen) atoms. The lowest BCUT2D eigenvalue weighted by molar-refractivity contribution is 0.215. The molecule has 1 aromatic carbocycles. The van der Waals surface area contributed by atoms with Crippen LogP contribution in [0, 0.1) is 6.92 Å². The van der Waals surface area contributed by atoms with Crippen molar-refractivity contribution in [2.45, 2.75) is 66.2 Å². The van der Waals surface area contributed by atoms with Gasteiger partial charge in [0.1, 0.15) is 5.75 Å². The summed E-state index contributed by atoms with van der Waals surface area (Å²) in [6.45, 7) is 11.6. The average molecular weight is 500 g/mol. The zero-order valence-corrected chi connectivity index (χ0v) is 20.0. The molecule has 0 aliphatic heterocycles. The predicted octanol–water partition coefficient (Wildman–Crippen LogP) is 4.77. The van der Waals surface area contributed by atoms with Crippen LogP contribution in [0.25, 0.3) is 0 Å². The molecule has 2 rings (SSSR count). The predicted molar refractivity (Wildman–Crippen MR) is 125 cm³/mol. The second-order valence-electron chi connectivity index (χ2n) is 7.10. The fourth-order valence-corrected chi connectivity index (χ4v) is 2.47. The van der Waals surface area contributed by atoms with Crippen LogP contribution in [-0.4, -0.2) is 24.3 Å². The Kier molecular flexibility index (Phi) is 10.3. The summed E-state index contributed by atoms with van der Waals surface area (Å²) in [6.07, 6.45) is 1.16. The molecule has 0 fully saturated rings. The Balaban J connectivity index is 0.00000392. The zero-order valence-electron chi connectivity index (χ0n) is 17.7. The Morgan fingerprint density at radius 1 is 1.18 bits per heavy atom. The lowest BCUT2D eigenvalue weighted by Crippen LogP contribution is -2.36. The van der Waals surface area contributed by atoms with Crippen LogP contribution in [0.4, 0.5) is 0 Å². The number of aliphatic imine (C=N–C) groups is 1. The van der Waals surface area contributed by atoms with Crippen LogP contribution in [0.2, 0.25) is 0 Å². The molecule has 0 aliphatic carbocycles. The van der Waals surface area contributed by atoms with E-state index in [0.717, 1.165) is 29.2 Å². The summed E-state index contributed by atoms with van der Waals surface area (Å²) >= 11 is 0. The standard InChI is InChI=1S/C21H32N4O2.HI/c1-7-16(5)26-20-10-15(4)8-9-17(20)12-23-21(22-6)24-13-18-11-19(14(2)3)25-27-18;/h8-11,14,16H,7,12-13H2,1-6H3,(H2,22,23,24);1H. The van der Waals surface area contributed by atoms with Gasteiger partial charge in [0.15, 0.2) is 11.7 Å². The van der Waals surface area contributed by atoms with Crippen molar-refractivity contribution in [3.63, 3.8) is 0 Å². The summed E-state index contributed by atoms with van der Waals surface area (Å²) in [5.41, 5.74) is 3.25. The van der Waals surface area contributed by atoms with Gasteiger partial charge < -0.3 is 19.9 Å². The molecule has 7 heteroatoms. The monoisotopic (exact) mass is 500 g/mol. The lowest BCUT2D eigenvalue weighted by atomic mass is 10.1. The molecular formula is C21H33IN4O2. The van der Waals surface area contributed by atoms with Crippen LogP contribution in [0.3, 0.4) is 0 Å². The number of nitrogens with one attached hydrogen (secondary N) is 2. The largest absolute Gasteiger partial charge is 0.490 e. The number of nitrogens with zero attached hydrogens (tertiary/aromatic N) is 2. The second-order valence-corrected chi connectivity index (χ2v) is 7.10. The fourth-order valence-electron chi connectivity index (χ4n) is 2.47. The number of hydrogen-bond acceptors (Lipinski definition) is 4. The van der Waals surface area contributed by atoms with Gasteiger partial charge in [0.05, 0.1) is 18.3 Å². The van der Waals surface area contributed by atoms with Crippen LogP contribution < -0.4 is 15.4 Å². The minimum Gasteiger partial charge on any atom is -0.490 e. The van der Waals surface area contributed by atoms with Crippen molar-refractivity contribution in [2.75, 3.05) is 7.05 Å². The maximum absolute atomic E-state index is 6.07. The molecule has 0 saturated carbocycles. The molecule has 0 spiro atoms. The molecule has 156 valence electrons. The van der Waals surface area contributed by atoms with Gasteiger partial charge in [-0.3, -0.25) is 4.99 Å². The van der Waals surface area contributed by atoms with E-state index in [1.807, 2.05) is 6.07 Å². The summed E-state index contributed by atoms with van der Waals surface area (Å²) < 4.78 is 11.4. The number of guanidine groups is 1. The lowest BCUT2D eigenvalue weighted by Gasteiger charge is -2.18. The van der Waals surface area contributed by atoms with Crippen molar-refractivity contribution in [3.05, 3.63) is 46.8 Å². The summed E-state index contributed by atoms with van der Waals surface area (Å²) in [5.74, 6) is 2.76. The molecule has 0 saturated heterocycles. The molecule has 1 atom stereocenters. The van der Waals surface area contributed by atoms with E-state index in [2.05, 4.69) is 73.6 Å². The third-order valence-corrected chi connectivity index (χ3v) is 4.39. The number of ether oxygens (including phenoxy) is 1. The van der Waals surface area contributed by atoms with Crippen LogP contribution in [0.5, 0.6) is 5.75 Å². The molecule has 1 heterocycles. The topological polar surface area (TPSA) is 71.7 Å². The normalized spacial score (nSPS) is 12.5. The minimum atomic E-state index is 0. The third-order valence-electron chi connectivity index (χ3n) is 4.39. The third kappa shape index (κ3) is 7.33. The molecule has 0 aliphatic rings. The van der Waals surface area contributed by atoms with Crippen LogP contribution in [0.15, 0.2) is 33.8 Å². The Labute approximate surface area is 185 Å². The van der Waals surface area contributed by atoms with Crippen molar-refractivity contribution in [3.8, 4) is 5.75 Å². The average Bonchev–Trinajstić information content (AvgIpc) is 3.12. The fraction of sp³-hybridized carbons (Fsp3) is 0.524. The maximum atomic E-state index is 6.07. The second kappa shape index (κ2) is 11.9. The van der Waals surface area contributed by atoms with Gasteiger partial charge in [-0.2, -0.15) is 0 Å². The summed E-state index contributed by atoms with van der Waals surface area (Å²) in [6, 6.07) is 8.25. The number of benzene rings is 1. The van der Waals surface area contributed by atoms with E-state index in [9.17, 15) is 0 Å². The number of rotatable bonds is 8. The van der Waals surface area contributed by atoms with Gasteiger partial charge in [0.2, 0.25) is 0 Å². The van der Waals surface area contributed by atoms with Gasteiger partial charge in [-0.1, -0.05) is 38.1 Å². The van der Waals surface area contributed by atoms with E-state index in [0.29, 0.717) is 25.0 Å². The van der Waals surface area contributed by atoms with Crippen LogP contribution in [-0.2, 0) is 13.1 Å². The molecule has 0 bridgehead atoms. The van der Waals surface area contributed by atoms with Gasteiger partial charge in [0, 0.05) is 25.2 Å². The van der Waals surface area contributed by atoms with Crippen molar-refractivity contribution in [1.29, 1.82) is 0 Å². The van der Waals surface area contributed by atoms with Gasteiger partial charge in [-0.15, -0.1) is 24.0 Å². The van der Waals surface area contributed by atoms with Gasteiger partial charge in [-0.25, -0.2) is 0 Å². The van der Waals surface area contributed by atoms with Gasteiger partial charge >= 0.3 is 0 Å². The highest BCUT2D eigenvalue weighted by molar-refractivity contribution is 14.0. The number of aryl methyl sites for hydroxylation is 1. The first-order chi connectivity index (χ1) is 12.9. The van der Waals surface area contributed by atoms with Gasteiger partial charge in [-0.05, 0) is 37.8 Å². The number of halogens is 1. The van der Waals surface area contributed by atoms with Crippen molar-refractivity contribution < 1.29 is 9.26 Å². The van der Waals surface area contributed by atoms with Gasteiger partial charge in [0.25, 0.3) is 0 Å². The Morgan fingerprint density at radius 3 is 2.50 bits per heavy atom. The van der Waals surface area contributed by atoms with E-state index < -0.39 is 0 Å². The Bertz CT molecular complexity index is 759. The summed E-state index contributed by atoms with van der Waals surface area (Å²) in [7, 11) is 1.75. The van der Waals surface area contributed by atoms with Crippen molar-refractivity contribution >= 4 is 29.9 Å². The highest BCUT2D eigenvalue weighted by Gasteiger charge is 2.10. The van der Waals surface area contributed by atoms with E-state index in [4.69, 9.17) is 9.26 Å². The molecule has 1 unspecified atom stereocenters. The highest BCUT2D eigenvalue weighted by Crippen LogP contribution is 2.22. The molecule has 6 nitrogen and oxygen atoms in total. The number of aromatic nitrogens is 1. The highest BCUT2D eigenvalue weighted by atomic mass is 127. The maximum Gasteiger partial charge on any atom is 0.191 e. The SMILES string of the molecule is CCC(C)Oc1cc(C)ccc1CNC(=NC)NCc1cc(C(C)C)no1.I. The molecule has 0 radical (unpaired) electrons. The summed E-state index contributed by atoms with van der Waals surface area (Å²) in [4.78, 5) is 4.28. The van der Waals surface area contributed by atoms with Crippen molar-refractivity contribution in [1.82, 2.24) is 15.8 Å². The van der Waals surface area contributed by atoms with Crippen LogP contribution in [0.1, 0.15) is 62.6 Å². The van der Waals surface area contributed by atoms with Crippen molar-refractivity contribution in [2.24, 2.45) is 4.99 Å².